The Balaban J connectivity index is 3.25. The first-order chi connectivity index (χ1) is 5.70. The minimum atomic E-state index is -2.43. The van der Waals surface area contributed by atoms with E-state index in [-0.39, 0.29) is 12.6 Å². The maximum Gasteiger partial charge on any atom is 0.261 e. The number of hydrogen-bond acceptors (Lipinski definition) is 3. The lowest BCUT2D eigenvalue weighted by molar-refractivity contribution is 0.0157. The molecule has 1 unspecified atom stereocenters. The minimum absolute atomic E-state index is 0.184. The molecule has 0 heterocycles. The smallest absolute Gasteiger partial charge is 0.261 e. The highest BCUT2D eigenvalue weighted by Crippen LogP contribution is 1.95. The van der Waals surface area contributed by atoms with Crippen LogP contribution in [0.15, 0.2) is 0 Å². The Kier molecular flexibility index (Phi) is 6.53. The summed E-state index contributed by atoms with van der Waals surface area (Å²) in [5.74, 6) is 0. The summed E-state index contributed by atoms with van der Waals surface area (Å²) >= 11 is 0. The first-order valence-corrected chi connectivity index (χ1v) is 3.63. The SMILES string of the molecule is CNC(C#N)CCOCC(F)F. The van der Waals surface area contributed by atoms with E-state index in [9.17, 15) is 8.78 Å². The number of nitrogens with zero attached hydrogens (tertiary/aromatic N) is 1. The van der Waals surface area contributed by atoms with Gasteiger partial charge in [0.05, 0.1) is 12.1 Å². The van der Waals surface area contributed by atoms with E-state index in [1.165, 1.54) is 0 Å². The van der Waals surface area contributed by atoms with Gasteiger partial charge in [-0.1, -0.05) is 0 Å². The largest absolute Gasteiger partial charge is 0.375 e. The molecule has 0 aliphatic heterocycles. The van der Waals surface area contributed by atoms with Crippen LogP contribution in [0, 0.1) is 11.3 Å². The van der Waals surface area contributed by atoms with Gasteiger partial charge in [-0.2, -0.15) is 5.26 Å². The van der Waals surface area contributed by atoms with Crippen LogP contribution in [0.5, 0.6) is 0 Å². The quantitative estimate of drug-likeness (QED) is 0.611. The van der Waals surface area contributed by atoms with Crippen molar-refractivity contribution in [1.29, 1.82) is 5.26 Å². The molecule has 0 aromatic heterocycles. The molecule has 5 heteroatoms. The Labute approximate surface area is 70.3 Å². The highest BCUT2D eigenvalue weighted by atomic mass is 19.3. The first-order valence-electron chi connectivity index (χ1n) is 3.63. The summed E-state index contributed by atoms with van der Waals surface area (Å²) in [6.45, 7) is -0.370. The van der Waals surface area contributed by atoms with Crippen molar-refractivity contribution in [2.75, 3.05) is 20.3 Å². The third kappa shape index (κ3) is 6.01. The summed E-state index contributed by atoms with van der Waals surface area (Å²) in [5.41, 5.74) is 0. The van der Waals surface area contributed by atoms with Crippen LogP contribution in [0.4, 0.5) is 8.78 Å². The summed E-state index contributed by atoms with van der Waals surface area (Å²) in [6.07, 6.45) is -2.00. The van der Waals surface area contributed by atoms with Crippen LogP contribution >= 0.6 is 0 Å². The standard InChI is InChI=1S/C7H12F2N2O/c1-11-6(4-10)2-3-12-5-7(8)9/h6-7,11H,2-3,5H2,1H3. The monoisotopic (exact) mass is 178 g/mol. The van der Waals surface area contributed by atoms with E-state index < -0.39 is 13.0 Å². The Morgan fingerprint density at radius 3 is 2.67 bits per heavy atom. The normalized spacial score (nSPS) is 12.9. The van der Waals surface area contributed by atoms with Crippen LogP contribution in [0.3, 0.4) is 0 Å². The summed E-state index contributed by atoms with van der Waals surface area (Å²) in [6, 6.07) is 1.64. The van der Waals surface area contributed by atoms with Crippen molar-refractivity contribution >= 4 is 0 Å². The average molecular weight is 178 g/mol. The molecule has 0 aromatic rings. The molecule has 0 aliphatic carbocycles. The van der Waals surface area contributed by atoms with Gasteiger partial charge >= 0.3 is 0 Å². The summed E-state index contributed by atoms with van der Waals surface area (Å²) in [7, 11) is 1.64. The molecule has 3 nitrogen and oxygen atoms in total. The van der Waals surface area contributed by atoms with E-state index in [1.54, 1.807) is 7.05 Å². The third-order valence-corrected chi connectivity index (χ3v) is 1.30. The molecule has 1 N–H and O–H groups in total. The molecule has 0 saturated carbocycles. The van der Waals surface area contributed by atoms with E-state index in [4.69, 9.17) is 5.26 Å². The predicted octanol–water partition coefficient (Wildman–Crippen LogP) is 0.770. The fourth-order valence-electron chi connectivity index (χ4n) is 0.647. The first kappa shape index (κ1) is 11.3. The zero-order valence-electron chi connectivity index (χ0n) is 6.89. The second kappa shape index (κ2) is 6.95. The average Bonchev–Trinajstić information content (AvgIpc) is 2.04. The van der Waals surface area contributed by atoms with Crippen LogP contribution in [0.25, 0.3) is 0 Å². The van der Waals surface area contributed by atoms with Gasteiger partial charge in [-0.3, -0.25) is 0 Å². The molecule has 0 rings (SSSR count). The predicted molar refractivity (Wildman–Crippen MR) is 39.9 cm³/mol. The molecule has 0 amide bonds. The molecule has 12 heavy (non-hydrogen) atoms. The van der Waals surface area contributed by atoms with Crippen molar-refractivity contribution in [3.05, 3.63) is 0 Å². The number of halogens is 2. The summed E-state index contributed by atoms with van der Waals surface area (Å²) < 4.78 is 27.6. The molecule has 0 radical (unpaired) electrons. The van der Waals surface area contributed by atoms with E-state index in [0.29, 0.717) is 6.42 Å². The fourth-order valence-corrected chi connectivity index (χ4v) is 0.647. The lowest BCUT2D eigenvalue weighted by Gasteiger charge is -2.07. The van der Waals surface area contributed by atoms with Gasteiger partial charge in [0.25, 0.3) is 6.43 Å². The molecule has 0 bridgehead atoms. The number of alkyl halides is 2. The van der Waals surface area contributed by atoms with Crippen molar-refractivity contribution in [3.63, 3.8) is 0 Å². The van der Waals surface area contributed by atoms with Gasteiger partial charge in [-0.25, -0.2) is 8.78 Å². The van der Waals surface area contributed by atoms with E-state index >= 15 is 0 Å². The molecular formula is C7H12F2N2O. The fraction of sp³-hybridized carbons (Fsp3) is 0.857. The molecule has 70 valence electrons. The Hall–Kier alpha value is -0.730. The van der Waals surface area contributed by atoms with Crippen LogP contribution in [-0.2, 0) is 4.74 Å². The van der Waals surface area contributed by atoms with E-state index in [0.717, 1.165) is 0 Å². The molecule has 0 fully saturated rings. The van der Waals surface area contributed by atoms with Gasteiger partial charge in [0.15, 0.2) is 0 Å². The molecular weight excluding hydrogens is 166 g/mol. The van der Waals surface area contributed by atoms with Gasteiger partial charge < -0.3 is 10.1 Å². The van der Waals surface area contributed by atoms with Crippen molar-refractivity contribution in [2.24, 2.45) is 0 Å². The van der Waals surface area contributed by atoms with E-state index in [1.807, 2.05) is 6.07 Å². The zero-order valence-corrected chi connectivity index (χ0v) is 6.89. The minimum Gasteiger partial charge on any atom is -0.375 e. The van der Waals surface area contributed by atoms with Crippen LogP contribution in [-0.4, -0.2) is 32.7 Å². The maximum atomic E-state index is 11.5. The van der Waals surface area contributed by atoms with Crippen LogP contribution in [0.2, 0.25) is 0 Å². The number of ether oxygens (including phenoxy) is 1. The maximum absolute atomic E-state index is 11.5. The Morgan fingerprint density at radius 1 is 1.58 bits per heavy atom. The number of rotatable bonds is 6. The Bertz CT molecular complexity index is 147. The molecule has 0 aliphatic rings. The topological polar surface area (TPSA) is 45.0 Å². The summed E-state index contributed by atoms with van der Waals surface area (Å²) in [5, 5.41) is 11.1. The Morgan fingerprint density at radius 2 is 2.25 bits per heavy atom. The van der Waals surface area contributed by atoms with E-state index in [2.05, 4.69) is 10.1 Å². The highest BCUT2D eigenvalue weighted by molar-refractivity contribution is 4.87. The molecule has 0 aromatic carbocycles. The molecule has 0 saturated heterocycles. The van der Waals surface area contributed by atoms with Crippen molar-refractivity contribution in [2.45, 2.75) is 18.9 Å². The van der Waals surface area contributed by atoms with Crippen molar-refractivity contribution in [3.8, 4) is 6.07 Å². The second-order valence-electron chi connectivity index (χ2n) is 2.23. The van der Waals surface area contributed by atoms with Crippen LogP contribution < -0.4 is 5.32 Å². The second-order valence-corrected chi connectivity index (χ2v) is 2.23. The van der Waals surface area contributed by atoms with Gasteiger partial charge in [0.1, 0.15) is 6.61 Å². The van der Waals surface area contributed by atoms with Crippen molar-refractivity contribution < 1.29 is 13.5 Å². The number of hydrogen-bond donors (Lipinski definition) is 1. The lowest BCUT2D eigenvalue weighted by atomic mass is 10.2. The zero-order chi connectivity index (χ0) is 9.40. The van der Waals surface area contributed by atoms with Crippen LogP contribution in [0.1, 0.15) is 6.42 Å². The number of nitriles is 1. The van der Waals surface area contributed by atoms with Gasteiger partial charge in [-0.15, -0.1) is 0 Å². The van der Waals surface area contributed by atoms with Crippen molar-refractivity contribution in [1.82, 2.24) is 5.32 Å². The van der Waals surface area contributed by atoms with Gasteiger partial charge in [-0.05, 0) is 13.5 Å². The molecule has 1 atom stereocenters. The highest BCUT2D eigenvalue weighted by Gasteiger charge is 2.05. The molecule has 0 spiro atoms. The van der Waals surface area contributed by atoms with Gasteiger partial charge in [0, 0.05) is 6.61 Å². The van der Waals surface area contributed by atoms with Gasteiger partial charge in [0.2, 0.25) is 0 Å². The lowest BCUT2D eigenvalue weighted by Crippen LogP contribution is -2.25. The third-order valence-electron chi connectivity index (χ3n) is 1.30. The number of nitrogens with one attached hydrogen (secondary N) is 1. The summed E-state index contributed by atoms with van der Waals surface area (Å²) in [4.78, 5) is 0.